The minimum Gasteiger partial charge on any atom is -0.350 e. The molecule has 0 heterocycles. The molecule has 2 aromatic carbocycles. The number of hydrogen-bond donors (Lipinski definition) is 3. The van der Waals surface area contributed by atoms with Crippen LogP contribution in [0.3, 0.4) is 0 Å². The van der Waals surface area contributed by atoms with Crippen molar-refractivity contribution in [2.24, 2.45) is 0 Å². The Morgan fingerprint density at radius 1 is 0.722 bits per heavy atom. The van der Waals surface area contributed by atoms with E-state index in [0.717, 1.165) is 49.2 Å². The molecular weight excluding hydrogens is 492 g/mol. The van der Waals surface area contributed by atoms with E-state index in [1.165, 1.54) is 6.07 Å². The summed E-state index contributed by atoms with van der Waals surface area (Å²) < 4.78 is 76.7. The minimum atomic E-state index is -4.62. The Morgan fingerprint density at radius 2 is 1.31 bits per heavy atom. The van der Waals surface area contributed by atoms with Crippen LogP contribution >= 0.6 is 0 Å². The van der Waals surface area contributed by atoms with Crippen molar-refractivity contribution < 1.29 is 40.7 Å². The van der Waals surface area contributed by atoms with Crippen LogP contribution in [0.25, 0.3) is 0 Å². The molecule has 36 heavy (non-hydrogen) atoms. The molecule has 12 heteroatoms. The van der Waals surface area contributed by atoms with Crippen LogP contribution in [0, 0.1) is 0 Å². The van der Waals surface area contributed by atoms with Crippen LogP contribution in [0.1, 0.15) is 57.5 Å². The Morgan fingerprint density at radius 3 is 1.89 bits per heavy atom. The first-order valence-electron chi connectivity index (χ1n) is 11.1. The van der Waals surface area contributed by atoms with E-state index >= 15 is 0 Å². The van der Waals surface area contributed by atoms with Gasteiger partial charge in [-0.15, -0.1) is 0 Å². The Labute approximate surface area is 202 Å². The Balaban J connectivity index is 1.55. The van der Waals surface area contributed by atoms with Gasteiger partial charge in [0.15, 0.2) is 0 Å². The van der Waals surface area contributed by atoms with Crippen LogP contribution in [0.15, 0.2) is 48.5 Å². The zero-order valence-electron chi connectivity index (χ0n) is 18.8. The summed E-state index contributed by atoms with van der Waals surface area (Å²) in [5.74, 6) is -2.05. The first-order valence-corrected chi connectivity index (χ1v) is 11.1. The van der Waals surface area contributed by atoms with Crippen molar-refractivity contribution in [3.63, 3.8) is 0 Å². The van der Waals surface area contributed by atoms with Crippen molar-refractivity contribution >= 4 is 17.7 Å². The second kappa shape index (κ2) is 11.0. The molecule has 3 N–H and O–H groups in total. The molecule has 2 atom stereocenters. The summed E-state index contributed by atoms with van der Waals surface area (Å²) in [4.78, 5) is 37.1. The quantitative estimate of drug-likeness (QED) is 0.501. The van der Waals surface area contributed by atoms with Gasteiger partial charge in [-0.2, -0.15) is 26.3 Å². The molecule has 1 fully saturated rings. The van der Waals surface area contributed by atoms with Crippen molar-refractivity contribution in [1.82, 2.24) is 16.0 Å². The predicted molar refractivity (Wildman–Crippen MR) is 117 cm³/mol. The summed E-state index contributed by atoms with van der Waals surface area (Å²) in [7, 11) is 0. The third kappa shape index (κ3) is 7.22. The van der Waals surface area contributed by atoms with Gasteiger partial charge in [-0.3, -0.25) is 14.4 Å². The van der Waals surface area contributed by atoms with Crippen LogP contribution < -0.4 is 16.0 Å². The molecule has 0 saturated heterocycles. The largest absolute Gasteiger partial charge is 0.416 e. The van der Waals surface area contributed by atoms with Crippen molar-refractivity contribution in [3.05, 3.63) is 70.8 Å². The molecule has 3 amide bonds. The number of carbonyl (C=O) groups is 3. The van der Waals surface area contributed by atoms with Gasteiger partial charge in [-0.25, -0.2) is 0 Å². The standard InChI is InChI=1S/C24H23F6N3O3/c25-23(26,27)16-10-8-14(9-11-16)22(36)33-19-7-2-1-6-18(19)32-20(34)13-31-21(35)15-4-3-5-17(12-15)24(28,29)30/h3-5,8-12,18-19H,1-2,6-7,13H2,(H,31,35)(H,32,34)(H,33,36). The summed E-state index contributed by atoms with van der Waals surface area (Å²) in [5, 5.41) is 7.70. The molecule has 2 unspecified atom stereocenters. The molecule has 1 aliphatic carbocycles. The lowest BCUT2D eigenvalue weighted by atomic mass is 9.90. The number of benzene rings is 2. The second-order valence-electron chi connectivity index (χ2n) is 8.37. The molecular formula is C24H23F6N3O3. The van der Waals surface area contributed by atoms with Gasteiger partial charge in [-0.05, 0) is 55.3 Å². The fraction of sp³-hybridized carbons (Fsp3) is 0.375. The maximum Gasteiger partial charge on any atom is 0.416 e. The monoisotopic (exact) mass is 515 g/mol. The third-order valence-corrected chi connectivity index (χ3v) is 5.76. The first kappa shape index (κ1) is 27.0. The normalized spacial score (nSPS) is 18.3. The predicted octanol–water partition coefficient (Wildman–Crippen LogP) is 4.31. The second-order valence-corrected chi connectivity index (χ2v) is 8.37. The zero-order chi connectivity index (χ0) is 26.5. The number of amides is 3. The summed E-state index contributed by atoms with van der Waals surface area (Å²) >= 11 is 0. The van der Waals surface area contributed by atoms with Gasteiger partial charge in [0, 0.05) is 23.2 Å². The Hall–Kier alpha value is -3.57. The highest BCUT2D eigenvalue weighted by atomic mass is 19.4. The lowest BCUT2D eigenvalue weighted by molar-refractivity contribution is -0.138. The van der Waals surface area contributed by atoms with Crippen LogP contribution in [0.2, 0.25) is 0 Å². The van der Waals surface area contributed by atoms with E-state index in [0.29, 0.717) is 18.9 Å². The van der Waals surface area contributed by atoms with Gasteiger partial charge in [0.2, 0.25) is 5.91 Å². The molecule has 2 aromatic rings. The fourth-order valence-electron chi connectivity index (χ4n) is 3.90. The van der Waals surface area contributed by atoms with Crippen molar-refractivity contribution in [2.45, 2.75) is 50.1 Å². The van der Waals surface area contributed by atoms with Crippen molar-refractivity contribution in [3.8, 4) is 0 Å². The fourth-order valence-corrected chi connectivity index (χ4v) is 3.90. The van der Waals surface area contributed by atoms with E-state index in [-0.39, 0.29) is 11.1 Å². The lowest BCUT2D eigenvalue weighted by Crippen LogP contribution is -2.54. The van der Waals surface area contributed by atoms with Gasteiger partial charge in [0.05, 0.1) is 17.7 Å². The highest BCUT2D eigenvalue weighted by molar-refractivity contribution is 5.97. The Kier molecular flexibility index (Phi) is 8.26. The number of halogens is 6. The molecule has 1 aliphatic rings. The van der Waals surface area contributed by atoms with Crippen molar-refractivity contribution in [1.29, 1.82) is 0 Å². The molecule has 0 aliphatic heterocycles. The van der Waals surface area contributed by atoms with E-state index in [1.807, 2.05) is 0 Å². The van der Waals surface area contributed by atoms with Gasteiger partial charge < -0.3 is 16.0 Å². The first-order chi connectivity index (χ1) is 16.8. The van der Waals surface area contributed by atoms with E-state index in [1.54, 1.807) is 0 Å². The van der Waals surface area contributed by atoms with Crippen molar-refractivity contribution in [2.75, 3.05) is 6.54 Å². The van der Waals surface area contributed by atoms with Crippen LogP contribution in [0.5, 0.6) is 0 Å². The average Bonchev–Trinajstić information content (AvgIpc) is 2.83. The lowest BCUT2D eigenvalue weighted by Gasteiger charge is -2.33. The highest BCUT2D eigenvalue weighted by Crippen LogP contribution is 2.30. The van der Waals surface area contributed by atoms with Gasteiger partial charge in [-0.1, -0.05) is 18.9 Å². The molecule has 0 aromatic heterocycles. The van der Waals surface area contributed by atoms with Gasteiger partial charge in [0.1, 0.15) is 0 Å². The maximum atomic E-state index is 12.8. The molecule has 0 bridgehead atoms. The summed E-state index contributed by atoms with van der Waals surface area (Å²) in [6.45, 7) is -0.495. The molecule has 0 radical (unpaired) electrons. The molecule has 0 spiro atoms. The summed E-state index contributed by atoms with van der Waals surface area (Å²) in [6.07, 6.45) is -6.58. The third-order valence-electron chi connectivity index (χ3n) is 5.76. The van der Waals surface area contributed by atoms with Crippen LogP contribution in [-0.4, -0.2) is 36.3 Å². The van der Waals surface area contributed by atoms with Crippen LogP contribution in [0.4, 0.5) is 26.3 Å². The molecule has 1 saturated carbocycles. The average molecular weight is 515 g/mol. The van der Waals surface area contributed by atoms with Gasteiger partial charge >= 0.3 is 12.4 Å². The number of carbonyl (C=O) groups excluding carboxylic acids is 3. The zero-order valence-corrected chi connectivity index (χ0v) is 18.8. The van der Waals surface area contributed by atoms with E-state index < -0.39 is 59.8 Å². The smallest absolute Gasteiger partial charge is 0.350 e. The highest BCUT2D eigenvalue weighted by Gasteiger charge is 2.32. The topological polar surface area (TPSA) is 87.3 Å². The SMILES string of the molecule is O=C(CNC(=O)c1cccc(C(F)(F)F)c1)NC1CCCCC1NC(=O)c1ccc(C(F)(F)F)cc1. The minimum absolute atomic E-state index is 0.0343. The van der Waals surface area contributed by atoms with Crippen LogP contribution in [-0.2, 0) is 17.1 Å². The number of nitrogens with one attached hydrogen (secondary N) is 3. The maximum absolute atomic E-state index is 12.8. The van der Waals surface area contributed by atoms with E-state index in [9.17, 15) is 40.7 Å². The van der Waals surface area contributed by atoms with Gasteiger partial charge in [0.25, 0.3) is 11.8 Å². The number of rotatable bonds is 6. The number of hydrogen-bond acceptors (Lipinski definition) is 3. The molecule has 6 nitrogen and oxygen atoms in total. The summed E-state index contributed by atoms with van der Waals surface area (Å²) in [6, 6.07) is 6.55. The number of alkyl halides is 6. The van der Waals surface area contributed by atoms with E-state index in [2.05, 4.69) is 16.0 Å². The Bertz CT molecular complexity index is 1100. The van der Waals surface area contributed by atoms with E-state index in [4.69, 9.17) is 0 Å². The molecule has 194 valence electrons. The molecule has 3 rings (SSSR count). The summed E-state index contributed by atoms with van der Waals surface area (Å²) in [5.41, 5.74) is -2.09.